The molecule has 0 spiro atoms. The Bertz CT molecular complexity index is 364. The van der Waals surface area contributed by atoms with Gasteiger partial charge in [0.15, 0.2) is 0 Å². The summed E-state index contributed by atoms with van der Waals surface area (Å²) in [7, 11) is 3.63. The highest BCUT2D eigenvalue weighted by atomic mass is 32.2. The summed E-state index contributed by atoms with van der Waals surface area (Å²) in [5.74, 6) is 0.221. The summed E-state index contributed by atoms with van der Waals surface area (Å²) in [6.45, 7) is 3.44. The Hall–Kier alpha value is -0.170. The molecule has 0 radical (unpaired) electrons. The van der Waals surface area contributed by atoms with E-state index >= 15 is 0 Å². The van der Waals surface area contributed by atoms with Gasteiger partial charge in [0.2, 0.25) is 0 Å². The van der Waals surface area contributed by atoms with Gasteiger partial charge in [0.1, 0.15) is 9.84 Å². The molecule has 1 aliphatic rings. The second-order valence-corrected chi connectivity index (χ2v) is 8.35. The van der Waals surface area contributed by atoms with Crippen molar-refractivity contribution in [3.05, 3.63) is 0 Å². The molecule has 0 amide bonds. The summed E-state index contributed by atoms with van der Waals surface area (Å²) in [5, 5.41) is 3.19. The first-order valence-corrected chi connectivity index (χ1v) is 9.06. The van der Waals surface area contributed by atoms with Crippen molar-refractivity contribution in [2.45, 2.75) is 24.8 Å². The Labute approximate surface area is 118 Å². The maximum atomic E-state index is 11.0. The highest BCUT2D eigenvalue weighted by Crippen LogP contribution is 2.36. The van der Waals surface area contributed by atoms with Crippen molar-refractivity contribution in [3.8, 4) is 0 Å². The van der Waals surface area contributed by atoms with E-state index in [9.17, 15) is 8.42 Å². The fraction of sp³-hybridized carbons (Fsp3) is 1.00. The quantitative estimate of drug-likeness (QED) is 0.608. The van der Waals surface area contributed by atoms with Gasteiger partial charge < -0.3 is 15.1 Å². The van der Waals surface area contributed by atoms with E-state index in [4.69, 9.17) is 0 Å². The summed E-state index contributed by atoms with van der Waals surface area (Å²) in [4.78, 5) is 4.69. The molecule has 1 rings (SSSR count). The largest absolute Gasteiger partial charge is 0.314 e. The van der Waals surface area contributed by atoms with Gasteiger partial charge in [0.05, 0.1) is 5.75 Å². The van der Waals surface area contributed by atoms with Gasteiger partial charge in [-0.25, -0.2) is 8.42 Å². The molecule has 0 aliphatic heterocycles. The molecule has 0 heterocycles. The number of likely N-dealkylation sites (N-methyl/N-ethyl adjacent to an activating group) is 2. The molecule has 1 aliphatic carbocycles. The highest BCUT2D eigenvalue weighted by molar-refractivity contribution is 7.90. The van der Waals surface area contributed by atoms with Crippen LogP contribution in [0.15, 0.2) is 0 Å². The summed E-state index contributed by atoms with van der Waals surface area (Å²) in [6, 6.07) is 0. The number of sulfone groups is 1. The zero-order valence-electron chi connectivity index (χ0n) is 12.8. The van der Waals surface area contributed by atoms with E-state index in [1.54, 1.807) is 0 Å². The normalized spacial score (nSPS) is 18.8. The van der Waals surface area contributed by atoms with Crippen LogP contribution in [0.3, 0.4) is 0 Å². The van der Waals surface area contributed by atoms with E-state index in [0.29, 0.717) is 12.1 Å². The summed E-state index contributed by atoms with van der Waals surface area (Å²) in [6.07, 6.45) is 5.18. The van der Waals surface area contributed by atoms with Gasteiger partial charge in [0.25, 0.3) is 0 Å². The predicted octanol–water partition coefficient (Wildman–Crippen LogP) is 0.0367. The Morgan fingerprint density at radius 3 is 2.21 bits per heavy atom. The number of hydrogen-bond acceptors (Lipinski definition) is 5. The molecule has 0 aromatic rings. The number of rotatable bonds is 9. The van der Waals surface area contributed by atoms with E-state index < -0.39 is 9.84 Å². The first-order chi connectivity index (χ1) is 8.75. The zero-order chi connectivity index (χ0) is 14.5. The van der Waals surface area contributed by atoms with Crippen molar-refractivity contribution in [2.75, 3.05) is 59.3 Å². The van der Waals surface area contributed by atoms with E-state index in [-0.39, 0.29) is 5.75 Å². The van der Waals surface area contributed by atoms with Crippen LogP contribution in [0.2, 0.25) is 0 Å². The van der Waals surface area contributed by atoms with Crippen LogP contribution in [-0.4, -0.2) is 83.1 Å². The van der Waals surface area contributed by atoms with Gasteiger partial charge in [-0.3, -0.25) is 0 Å². The van der Waals surface area contributed by atoms with Crippen LogP contribution in [0.1, 0.15) is 19.3 Å². The average molecular weight is 291 g/mol. The molecule has 5 nitrogen and oxygen atoms in total. The van der Waals surface area contributed by atoms with Crippen molar-refractivity contribution in [2.24, 2.45) is 0 Å². The van der Waals surface area contributed by atoms with Crippen LogP contribution < -0.4 is 5.32 Å². The van der Waals surface area contributed by atoms with Crippen molar-refractivity contribution >= 4 is 9.84 Å². The lowest BCUT2D eigenvalue weighted by Crippen LogP contribution is -2.57. The van der Waals surface area contributed by atoms with Gasteiger partial charge in [-0.15, -0.1) is 0 Å². The van der Waals surface area contributed by atoms with Crippen LogP contribution in [0.5, 0.6) is 0 Å². The fourth-order valence-electron chi connectivity index (χ4n) is 2.57. The summed E-state index contributed by atoms with van der Waals surface area (Å²) >= 11 is 0. The van der Waals surface area contributed by atoms with Crippen LogP contribution in [0.25, 0.3) is 0 Å². The van der Waals surface area contributed by atoms with Crippen LogP contribution in [0.4, 0.5) is 0 Å². The standard InChI is InChI=1S/C13H29N3O2S/c1-15(2)13(6-5-7-13)12-16(3)10-8-14-9-11-19(4,17)18/h14H,5-12H2,1-4H3. The smallest absolute Gasteiger partial charge is 0.148 e. The Morgan fingerprint density at radius 1 is 1.16 bits per heavy atom. The third kappa shape index (κ3) is 5.77. The molecule has 0 unspecified atom stereocenters. The number of nitrogens with one attached hydrogen (secondary N) is 1. The SMILES string of the molecule is CN(CCNCCS(C)(=O)=O)CC1(N(C)C)CCC1. The van der Waals surface area contributed by atoms with Gasteiger partial charge in [0, 0.05) is 38.0 Å². The lowest BCUT2D eigenvalue weighted by Gasteiger charge is -2.49. The Kier molecular flexibility index (Phi) is 6.23. The van der Waals surface area contributed by atoms with Gasteiger partial charge >= 0.3 is 0 Å². The number of nitrogens with zero attached hydrogens (tertiary/aromatic N) is 2. The minimum absolute atomic E-state index is 0.221. The highest BCUT2D eigenvalue weighted by Gasteiger charge is 2.39. The number of hydrogen-bond donors (Lipinski definition) is 1. The summed E-state index contributed by atoms with van der Waals surface area (Å²) < 4.78 is 22.0. The average Bonchev–Trinajstić information content (AvgIpc) is 2.20. The molecule has 0 atom stereocenters. The third-order valence-corrected chi connectivity index (χ3v) is 5.06. The van der Waals surface area contributed by atoms with Crippen molar-refractivity contribution in [1.29, 1.82) is 0 Å². The molecule has 114 valence electrons. The molecule has 0 bridgehead atoms. The second-order valence-electron chi connectivity index (χ2n) is 6.09. The minimum atomic E-state index is -2.84. The fourth-order valence-corrected chi connectivity index (χ4v) is 3.08. The van der Waals surface area contributed by atoms with Gasteiger partial charge in [-0.05, 0) is 40.4 Å². The lowest BCUT2D eigenvalue weighted by atomic mass is 9.75. The zero-order valence-corrected chi connectivity index (χ0v) is 13.6. The first kappa shape index (κ1) is 16.9. The van der Waals surface area contributed by atoms with Crippen LogP contribution in [-0.2, 0) is 9.84 Å². The van der Waals surface area contributed by atoms with Gasteiger partial charge in [-0.1, -0.05) is 0 Å². The van der Waals surface area contributed by atoms with Crippen molar-refractivity contribution in [3.63, 3.8) is 0 Å². The molecule has 19 heavy (non-hydrogen) atoms. The maximum Gasteiger partial charge on any atom is 0.148 e. The molecule has 0 aromatic carbocycles. The lowest BCUT2D eigenvalue weighted by molar-refractivity contribution is 0.0282. The van der Waals surface area contributed by atoms with E-state index in [1.807, 2.05) is 0 Å². The first-order valence-electron chi connectivity index (χ1n) is 7.00. The summed E-state index contributed by atoms with van der Waals surface area (Å²) in [5.41, 5.74) is 0.363. The van der Waals surface area contributed by atoms with Crippen LogP contribution in [0, 0.1) is 0 Å². The third-order valence-electron chi connectivity index (χ3n) is 4.12. The Balaban J connectivity index is 2.16. The van der Waals surface area contributed by atoms with Crippen molar-refractivity contribution in [1.82, 2.24) is 15.1 Å². The predicted molar refractivity (Wildman–Crippen MR) is 80.3 cm³/mol. The van der Waals surface area contributed by atoms with Crippen molar-refractivity contribution < 1.29 is 8.42 Å². The monoisotopic (exact) mass is 291 g/mol. The Morgan fingerprint density at radius 2 is 1.79 bits per heavy atom. The van der Waals surface area contributed by atoms with Gasteiger partial charge in [-0.2, -0.15) is 0 Å². The van der Waals surface area contributed by atoms with E-state index in [0.717, 1.165) is 19.6 Å². The molecule has 1 saturated carbocycles. The molecule has 1 fully saturated rings. The van der Waals surface area contributed by atoms with E-state index in [2.05, 4.69) is 36.3 Å². The molecule has 6 heteroatoms. The van der Waals surface area contributed by atoms with E-state index in [1.165, 1.54) is 25.5 Å². The molecular formula is C13H29N3O2S. The molecule has 1 N–H and O–H groups in total. The maximum absolute atomic E-state index is 11.0. The topological polar surface area (TPSA) is 52.7 Å². The molecule has 0 saturated heterocycles. The molecular weight excluding hydrogens is 262 g/mol. The minimum Gasteiger partial charge on any atom is -0.314 e. The molecule has 0 aromatic heterocycles. The van der Waals surface area contributed by atoms with Crippen LogP contribution >= 0.6 is 0 Å². The second kappa shape index (κ2) is 7.02.